The van der Waals surface area contributed by atoms with Gasteiger partial charge in [0.1, 0.15) is 12.7 Å². The Bertz CT molecular complexity index is 395. The highest BCUT2D eigenvalue weighted by atomic mass is 35.5. The standard InChI is InChI=1S/C7H10O3.C4H4O4.C2H3Cl/c1-5(2)7(8)10-4-6-3-9-6;5-3(6)1-2-4(7)8;1-2-3/h6H,1,3-4H2,2H3;1-2H,(H,5,6)(H,7,8);2H,1H2/b;2-1-;. The van der Waals surface area contributed by atoms with Gasteiger partial charge in [0.15, 0.2) is 0 Å². The zero-order valence-electron chi connectivity index (χ0n) is 11.5. The Hall–Kier alpha value is -2.12. The number of carboxylic acid groups (broad SMARTS) is 2. The molecule has 0 aromatic heterocycles. The summed E-state index contributed by atoms with van der Waals surface area (Å²) in [6.45, 7) is 9.26. The lowest BCUT2D eigenvalue weighted by atomic mass is 10.4. The van der Waals surface area contributed by atoms with Crippen LogP contribution in [0, 0.1) is 0 Å². The van der Waals surface area contributed by atoms with E-state index >= 15 is 0 Å². The first-order valence-electron chi connectivity index (χ1n) is 5.53. The summed E-state index contributed by atoms with van der Waals surface area (Å²) in [6.07, 6.45) is 1.26. The summed E-state index contributed by atoms with van der Waals surface area (Å²) in [7, 11) is 0. The second kappa shape index (κ2) is 12.9. The van der Waals surface area contributed by atoms with Gasteiger partial charge in [0.25, 0.3) is 0 Å². The van der Waals surface area contributed by atoms with E-state index in [4.69, 9.17) is 31.3 Å². The molecule has 1 fully saturated rings. The molecule has 0 radical (unpaired) electrons. The third-order valence-electron chi connectivity index (χ3n) is 1.52. The number of rotatable bonds is 5. The van der Waals surface area contributed by atoms with Crippen LogP contribution in [0.3, 0.4) is 0 Å². The minimum absolute atomic E-state index is 0.142. The van der Waals surface area contributed by atoms with Gasteiger partial charge in [0, 0.05) is 17.7 Å². The van der Waals surface area contributed by atoms with Crippen molar-refractivity contribution >= 4 is 29.5 Å². The van der Waals surface area contributed by atoms with Gasteiger partial charge in [-0.3, -0.25) is 0 Å². The average molecular weight is 321 g/mol. The van der Waals surface area contributed by atoms with Crippen LogP contribution in [-0.2, 0) is 23.9 Å². The van der Waals surface area contributed by atoms with Crippen LogP contribution in [0.2, 0.25) is 0 Å². The van der Waals surface area contributed by atoms with Crippen molar-refractivity contribution in [1.82, 2.24) is 0 Å². The van der Waals surface area contributed by atoms with Gasteiger partial charge in [-0.1, -0.05) is 24.8 Å². The predicted octanol–water partition coefficient (Wildman–Crippen LogP) is 1.58. The highest BCUT2D eigenvalue weighted by molar-refractivity contribution is 6.25. The number of carboxylic acids is 2. The number of aliphatic carboxylic acids is 2. The Morgan fingerprint density at radius 1 is 1.33 bits per heavy atom. The van der Waals surface area contributed by atoms with Crippen molar-refractivity contribution in [2.75, 3.05) is 13.2 Å². The Kier molecular flexibility index (Phi) is 13.0. The molecule has 7 nitrogen and oxygen atoms in total. The summed E-state index contributed by atoms with van der Waals surface area (Å²) in [5, 5.41) is 15.6. The van der Waals surface area contributed by atoms with Crippen LogP contribution in [0.4, 0.5) is 0 Å². The SMILES string of the molecule is C=C(C)C(=O)OCC1CO1.C=CCl.O=C(O)/C=C\C(=O)O. The number of hydrogen-bond donors (Lipinski definition) is 2. The first-order valence-corrected chi connectivity index (χ1v) is 5.97. The number of ether oxygens (including phenoxy) is 2. The Labute approximate surface area is 127 Å². The molecule has 1 heterocycles. The largest absolute Gasteiger partial charge is 0.478 e. The van der Waals surface area contributed by atoms with Crippen LogP contribution in [0.15, 0.2) is 36.4 Å². The van der Waals surface area contributed by atoms with Crippen molar-refractivity contribution in [2.45, 2.75) is 13.0 Å². The molecular weight excluding hydrogens is 304 g/mol. The van der Waals surface area contributed by atoms with Gasteiger partial charge < -0.3 is 19.7 Å². The summed E-state index contributed by atoms with van der Waals surface area (Å²) in [5.74, 6) is -2.85. The fraction of sp³-hybridized carbons (Fsp3) is 0.308. The number of epoxide rings is 1. The monoisotopic (exact) mass is 320 g/mol. The normalized spacial score (nSPS) is 14.7. The maximum Gasteiger partial charge on any atom is 0.333 e. The Morgan fingerprint density at radius 3 is 1.95 bits per heavy atom. The van der Waals surface area contributed by atoms with E-state index in [0.29, 0.717) is 30.9 Å². The Balaban J connectivity index is 0. The molecular formula is C13H17ClO7. The summed E-state index contributed by atoms with van der Waals surface area (Å²) in [6, 6.07) is 0. The number of carbonyl (C=O) groups is 3. The molecule has 1 unspecified atom stereocenters. The van der Waals surface area contributed by atoms with Crippen LogP contribution < -0.4 is 0 Å². The smallest absolute Gasteiger partial charge is 0.333 e. The van der Waals surface area contributed by atoms with E-state index in [-0.39, 0.29) is 12.1 Å². The summed E-state index contributed by atoms with van der Waals surface area (Å²) >= 11 is 4.76. The maximum absolute atomic E-state index is 10.7. The predicted molar refractivity (Wildman–Crippen MR) is 76.0 cm³/mol. The van der Waals surface area contributed by atoms with E-state index in [1.54, 1.807) is 6.92 Å². The van der Waals surface area contributed by atoms with Gasteiger partial charge in [0.2, 0.25) is 0 Å². The van der Waals surface area contributed by atoms with Crippen molar-refractivity contribution < 1.29 is 34.1 Å². The molecule has 1 rings (SSSR count). The Morgan fingerprint density at radius 2 is 1.71 bits per heavy atom. The van der Waals surface area contributed by atoms with Crippen molar-refractivity contribution in [3.63, 3.8) is 0 Å². The molecule has 1 aliphatic heterocycles. The molecule has 118 valence electrons. The van der Waals surface area contributed by atoms with Crippen LogP contribution in [0.5, 0.6) is 0 Å². The second-order valence-corrected chi connectivity index (χ2v) is 3.81. The van der Waals surface area contributed by atoms with Crippen molar-refractivity contribution in [3.05, 3.63) is 36.4 Å². The molecule has 1 aliphatic rings. The topological polar surface area (TPSA) is 113 Å². The quantitative estimate of drug-likeness (QED) is 0.449. The molecule has 0 aromatic carbocycles. The zero-order chi connectivity index (χ0) is 16.8. The summed E-state index contributed by atoms with van der Waals surface area (Å²) in [5.41, 5.74) is 1.65. The second-order valence-electron chi connectivity index (χ2n) is 3.50. The minimum atomic E-state index is -1.26. The molecule has 0 amide bonds. The fourth-order valence-electron chi connectivity index (χ4n) is 0.599. The van der Waals surface area contributed by atoms with Crippen molar-refractivity contribution in [1.29, 1.82) is 0 Å². The van der Waals surface area contributed by atoms with Crippen molar-refractivity contribution in [2.24, 2.45) is 0 Å². The molecule has 0 saturated carbocycles. The number of carbonyl (C=O) groups excluding carboxylic acids is 1. The molecule has 0 bridgehead atoms. The number of esters is 1. The van der Waals surface area contributed by atoms with E-state index in [0.717, 1.165) is 0 Å². The van der Waals surface area contributed by atoms with E-state index in [9.17, 15) is 14.4 Å². The maximum atomic E-state index is 10.7. The highest BCUT2D eigenvalue weighted by Crippen LogP contribution is 2.09. The van der Waals surface area contributed by atoms with Gasteiger partial charge in [0.05, 0.1) is 6.61 Å². The summed E-state index contributed by atoms with van der Waals surface area (Å²) < 4.78 is 9.60. The van der Waals surface area contributed by atoms with Crippen LogP contribution in [-0.4, -0.2) is 47.4 Å². The van der Waals surface area contributed by atoms with Gasteiger partial charge in [-0.05, 0) is 12.5 Å². The first kappa shape index (κ1) is 21.2. The first-order chi connectivity index (χ1) is 9.74. The van der Waals surface area contributed by atoms with E-state index < -0.39 is 11.9 Å². The fourth-order valence-corrected chi connectivity index (χ4v) is 0.599. The molecule has 0 aliphatic carbocycles. The molecule has 21 heavy (non-hydrogen) atoms. The van der Waals surface area contributed by atoms with E-state index in [2.05, 4.69) is 13.2 Å². The molecule has 1 atom stereocenters. The van der Waals surface area contributed by atoms with E-state index in [1.807, 2.05) is 0 Å². The van der Waals surface area contributed by atoms with Crippen LogP contribution >= 0.6 is 11.6 Å². The number of hydrogen-bond acceptors (Lipinski definition) is 5. The minimum Gasteiger partial charge on any atom is -0.478 e. The molecule has 2 N–H and O–H groups in total. The van der Waals surface area contributed by atoms with Crippen LogP contribution in [0.1, 0.15) is 6.92 Å². The lowest BCUT2D eigenvalue weighted by Gasteiger charge is -1.99. The molecule has 1 saturated heterocycles. The van der Waals surface area contributed by atoms with E-state index in [1.165, 1.54) is 5.54 Å². The number of halogens is 1. The van der Waals surface area contributed by atoms with Gasteiger partial charge in [-0.15, -0.1) is 0 Å². The zero-order valence-corrected chi connectivity index (χ0v) is 12.2. The molecule has 0 aromatic rings. The molecule has 0 spiro atoms. The lowest BCUT2D eigenvalue weighted by molar-refractivity contribution is -0.139. The lowest BCUT2D eigenvalue weighted by Crippen LogP contribution is -2.09. The van der Waals surface area contributed by atoms with Gasteiger partial charge >= 0.3 is 17.9 Å². The molecule has 8 heteroatoms. The van der Waals surface area contributed by atoms with Crippen molar-refractivity contribution in [3.8, 4) is 0 Å². The van der Waals surface area contributed by atoms with Gasteiger partial charge in [-0.25, -0.2) is 14.4 Å². The summed E-state index contributed by atoms with van der Waals surface area (Å²) in [4.78, 5) is 29.8. The third-order valence-corrected chi connectivity index (χ3v) is 1.52. The third kappa shape index (κ3) is 20.4. The van der Waals surface area contributed by atoms with Crippen LogP contribution in [0.25, 0.3) is 0 Å². The highest BCUT2D eigenvalue weighted by Gasteiger charge is 2.24. The van der Waals surface area contributed by atoms with Gasteiger partial charge in [-0.2, -0.15) is 0 Å². The average Bonchev–Trinajstić information content (AvgIpc) is 3.19.